The molecule has 0 rings (SSSR count). The molecule has 0 aliphatic carbocycles. The summed E-state index contributed by atoms with van der Waals surface area (Å²) >= 11 is 0. The summed E-state index contributed by atoms with van der Waals surface area (Å²) in [5.41, 5.74) is 0. The van der Waals surface area contributed by atoms with Gasteiger partial charge in [0.25, 0.3) is 0 Å². The first-order valence-corrected chi connectivity index (χ1v) is 4.50. The highest BCUT2D eigenvalue weighted by atomic mass is 16.6. The van der Waals surface area contributed by atoms with Gasteiger partial charge in [-0.05, 0) is 12.8 Å². The molecule has 82 valence electrons. The van der Waals surface area contributed by atoms with Gasteiger partial charge in [0.1, 0.15) is 0 Å². The lowest BCUT2D eigenvalue weighted by Gasteiger charge is -2.08. The zero-order valence-electron chi connectivity index (χ0n) is 7.93. The summed E-state index contributed by atoms with van der Waals surface area (Å²) in [6, 6.07) is 0. The third kappa shape index (κ3) is 9.02. The van der Waals surface area contributed by atoms with Crippen molar-refractivity contribution in [1.29, 1.82) is 0 Å². The van der Waals surface area contributed by atoms with Crippen LogP contribution in [0.25, 0.3) is 0 Å². The maximum Gasteiger partial charge on any atom is 0.331 e. The molecule has 0 aromatic heterocycles. The molecule has 0 aliphatic rings. The summed E-state index contributed by atoms with van der Waals surface area (Å²) in [7, 11) is 0. The highest BCUT2D eigenvalue weighted by molar-refractivity contribution is 5.79. The van der Waals surface area contributed by atoms with E-state index in [0.29, 0.717) is 12.8 Å². The fourth-order valence-corrected chi connectivity index (χ4v) is 0.864. The van der Waals surface area contributed by atoms with Crippen LogP contribution < -0.4 is 0 Å². The van der Waals surface area contributed by atoms with Crippen LogP contribution in [0.2, 0.25) is 0 Å². The summed E-state index contributed by atoms with van der Waals surface area (Å²) in [6.45, 7) is 0.149. The van der Waals surface area contributed by atoms with Crippen LogP contribution in [0.1, 0.15) is 25.7 Å². The average molecular weight is 204 g/mol. The van der Waals surface area contributed by atoms with E-state index in [2.05, 4.69) is 4.74 Å². The van der Waals surface area contributed by atoms with Gasteiger partial charge in [0.2, 0.25) is 0 Å². The monoisotopic (exact) mass is 204 g/mol. The van der Waals surface area contributed by atoms with E-state index in [4.69, 9.17) is 15.3 Å². The van der Waals surface area contributed by atoms with Crippen LogP contribution in [0, 0.1) is 0 Å². The van der Waals surface area contributed by atoms with Crippen LogP contribution >= 0.6 is 0 Å². The molecule has 3 N–H and O–H groups in total. The number of aliphatic hydroxyl groups is 2. The molecule has 0 heterocycles. The van der Waals surface area contributed by atoms with Crippen molar-refractivity contribution in [1.82, 2.24) is 0 Å². The number of hydrogen-bond acceptors (Lipinski definition) is 4. The van der Waals surface area contributed by atoms with Crippen molar-refractivity contribution >= 4 is 5.97 Å². The van der Waals surface area contributed by atoms with Crippen LogP contribution in [0.3, 0.4) is 0 Å². The Morgan fingerprint density at radius 2 is 2.07 bits per heavy atom. The number of carboxylic acid groups (broad SMARTS) is 1. The van der Waals surface area contributed by atoms with Gasteiger partial charge in [0.15, 0.2) is 6.29 Å². The van der Waals surface area contributed by atoms with Crippen molar-refractivity contribution in [3.63, 3.8) is 0 Å². The maximum absolute atomic E-state index is 10.0. The third-order valence-electron chi connectivity index (χ3n) is 1.56. The van der Waals surface area contributed by atoms with Gasteiger partial charge in [-0.15, -0.1) is 0 Å². The van der Waals surface area contributed by atoms with Crippen molar-refractivity contribution in [3.8, 4) is 0 Å². The predicted octanol–water partition coefficient (Wildman–Crippen LogP) is 0.472. The highest BCUT2D eigenvalue weighted by Crippen LogP contribution is 2.04. The molecule has 14 heavy (non-hydrogen) atoms. The Labute approximate surface area is 82.6 Å². The second-order valence-electron chi connectivity index (χ2n) is 2.80. The first-order valence-electron chi connectivity index (χ1n) is 4.50. The minimum atomic E-state index is -1.11. The van der Waals surface area contributed by atoms with Gasteiger partial charge < -0.3 is 20.1 Å². The van der Waals surface area contributed by atoms with Crippen molar-refractivity contribution in [2.24, 2.45) is 0 Å². The first-order chi connectivity index (χ1) is 6.66. The molecule has 1 atom stereocenters. The molecule has 0 aromatic rings. The van der Waals surface area contributed by atoms with E-state index in [-0.39, 0.29) is 6.61 Å². The Morgan fingerprint density at radius 1 is 1.36 bits per heavy atom. The third-order valence-corrected chi connectivity index (χ3v) is 1.56. The average Bonchev–Trinajstić information content (AvgIpc) is 2.12. The second kappa shape index (κ2) is 8.52. The lowest BCUT2D eigenvalue weighted by atomic mass is 10.2. The molecule has 5 nitrogen and oxygen atoms in total. The zero-order chi connectivity index (χ0) is 10.8. The van der Waals surface area contributed by atoms with Crippen molar-refractivity contribution in [2.75, 3.05) is 6.61 Å². The molecule has 0 saturated heterocycles. The molecule has 0 saturated carbocycles. The predicted molar refractivity (Wildman–Crippen MR) is 49.4 cm³/mol. The molecule has 5 heteroatoms. The summed E-state index contributed by atoms with van der Waals surface area (Å²) < 4.78 is 4.66. The Balaban J connectivity index is 3.36. The van der Waals surface area contributed by atoms with Crippen LogP contribution in [-0.4, -0.2) is 34.2 Å². The minimum Gasteiger partial charge on any atom is -0.478 e. The Morgan fingerprint density at radius 3 is 2.64 bits per heavy atom. The fraction of sp³-hybridized carbons (Fsp3) is 0.667. The SMILES string of the molecule is O=C(O)C=COC(O)CCCCCO. The van der Waals surface area contributed by atoms with Crippen molar-refractivity contribution < 1.29 is 24.9 Å². The molecule has 1 unspecified atom stereocenters. The number of aliphatic carboxylic acids is 1. The zero-order valence-corrected chi connectivity index (χ0v) is 7.93. The summed E-state index contributed by atoms with van der Waals surface area (Å²) in [5.74, 6) is -1.11. The number of carboxylic acids is 1. The maximum atomic E-state index is 10.0. The van der Waals surface area contributed by atoms with Gasteiger partial charge in [-0.2, -0.15) is 0 Å². The van der Waals surface area contributed by atoms with E-state index in [0.717, 1.165) is 25.2 Å². The summed E-state index contributed by atoms with van der Waals surface area (Å²) in [6.07, 6.45) is 3.50. The first kappa shape index (κ1) is 12.9. The largest absolute Gasteiger partial charge is 0.478 e. The van der Waals surface area contributed by atoms with Gasteiger partial charge >= 0.3 is 5.97 Å². The summed E-state index contributed by atoms with van der Waals surface area (Å²) in [4.78, 5) is 10.0. The normalized spacial score (nSPS) is 13.0. The van der Waals surface area contributed by atoms with E-state index in [1.165, 1.54) is 0 Å². The van der Waals surface area contributed by atoms with Crippen molar-refractivity contribution in [3.05, 3.63) is 12.3 Å². The van der Waals surface area contributed by atoms with E-state index < -0.39 is 12.3 Å². The number of ether oxygens (including phenoxy) is 1. The number of hydrogen-bond donors (Lipinski definition) is 3. The van der Waals surface area contributed by atoms with Crippen LogP contribution in [0.5, 0.6) is 0 Å². The molecule has 0 fully saturated rings. The molecule has 0 radical (unpaired) electrons. The topological polar surface area (TPSA) is 87.0 Å². The standard InChI is InChI=1S/C9H16O5/c10-6-3-1-2-4-9(13)14-7-5-8(11)12/h5,7,9-10,13H,1-4,6H2,(H,11,12). The van der Waals surface area contributed by atoms with Crippen molar-refractivity contribution in [2.45, 2.75) is 32.0 Å². The molecular formula is C9H16O5. The molecule has 0 spiro atoms. The number of unbranched alkanes of at least 4 members (excludes halogenated alkanes) is 2. The molecule has 0 amide bonds. The summed E-state index contributed by atoms with van der Waals surface area (Å²) in [5, 5.41) is 25.8. The lowest BCUT2D eigenvalue weighted by Crippen LogP contribution is -2.08. The molecular weight excluding hydrogens is 188 g/mol. The Hall–Kier alpha value is -1.07. The molecule has 0 bridgehead atoms. The van der Waals surface area contributed by atoms with E-state index >= 15 is 0 Å². The van der Waals surface area contributed by atoms with E-state index in [1.807, 2.05) is 0 Å². The molecule has 0 aromatic carbocycles. The molecule has 0 aliphatic heterocycles. The van der Waals surface area contributed by atoms with Crippen LogP contribution in [0.15, 0.2) is 12.3 Å². The van der Waals surface area contributed by atoms with Crippen LogP contribution in [0.4, 0.5) is 0 Å². The Bertz CT molecular complexity index is 178. The van der Waals surface area contributed by atoms with Gasteiger partial charge in [-0.25, -0.2) is 4.79 Å². The van der Waals surface area contributed by atoms with Gasteiger partial charge in [0, 0.05) is 13.0 Å². The smallest absolute Gasteiger partial charge is 0.331 e. The van der Waals surface area contributed by atoms with E-state index in [9.17, 15) is 4.79 Å². The number of aliphatic hydroxyl groups excluding tert-OH is 2. The second-order valence-corrected chi connectivity index (χ2v) is 2.80. The fourth-order valence-electron chi connectivity index (χ4n) is 0.864. The number of carbonyl (C=O) groups is 1. The Kier molecular flexibility index (Phi) is 7.87. The van der Waals surface area contributed by atoms with Crippen LogP contribution in [-0.2, 0) is 9.53 Å². The van der Waals surface area contributed by atoms with Gasteiger partial charge in [0.05, 0.1) is 12.3 Å². The van der Waals surface area contributed by atoms with Gasteiger partial charge in [-0.3, -0.25) is 0 Å². The minimum absolute atomic E-state index is 0.149. The number of rotatable bonds is 8. The lowest BCUT2D eigenvalue weighted by molar-refractivity contribution is -0.131. The van der Waals surface area contributed by atoms with E-state index in [1.54, 1.807) is 0 Å². The van der Waals surface area contributed by atoms with Gasteiger partial charge in [-0.1, -0.05) is 6.42 Å². The highest BCUT2D eigenvalue weighted by Gasteiger charge is 2.01. The quantitative estimate of drug-likeness (QED) is 0.231.